The van der Waals surface area contributed by atoms with Gasteiger partial charge in [0.15, 0.2) is 0 Å². The Morgan fingerprint density at radius 2 is 2.31 bits per heavy atom. The minimum Gasteiger partial charge on any atom is -0.382 e. The first kappa shape index (κ1) is 12.9. The highest BCUT2D eigenvalue weighted by atomic mass is 32.1. The van der Waals surface area contributed by atoms with E-state index in [2.05, 4.69) is 5.48 Å². The first-order valence-electron chi connectivity index (χ1n) is 4.69. The number of hydrogen-bond donors (Lipinski definition) is 1. The fourth-order valence-corrected chi connectivity index (χ4v) is 1.76. The van der Waals surface area contributed by atoms with Crippen molar-refractivity contribution in [2.24, 2.45) is 0 Å². The molecule has 0 bridgehead atoms. The number of aromatic nitrogens is 1. The van der Waals surface area contributed by atoms with Gasteiger partial charge in [-0.3, -0.25) is 19.0 Å². The number of rotatable bonds is 6. The molecule has 0 unspecified atom stereocenters. The van der Waals surface area contributed by atoms with Gasteiger partial charge < -0.3 is 4.74 Å². The average molecular weight is 246 g/mol. The number of methoxy groups -OCH3 is 1. The van der Waals surface area contributed by atoms with Crippen LogP contribution in [0.3, 0.4) is 0 Å². The van der Waals surface area contributed by atoms with E-state index in [1.807, 2.05) is 0 Å². The van der Waals surface area contributed by atoms with E-state index in [9.17, 15) is 9.59 Å². The summed E-state index contributed by atoms with van der Waals surface area (Å²) in [5, 5.41) is 1.71. The monoisotopic (exact) mass is 246 g/mol. The topological polar surface area (TPSA) is 69.6 Å². The number of aryl methyl sites for hydroxylation is 1. The molecule has 0 spiro atoms. The summed E-state index contributed by atoms with van der Waals surface area (Å²) >= 11 is 1.07. The highest BCUT2D eigenvalue weighted by molar-refractivity contribution is 7.07. The van der Waals surface area contributed by atoms with Crippen LogP contribution in [-0.4, -0.2) is 30.8 Å². The quantitative estimate of drug-likeness (QED) is 0.562. The summed E-state index contributed by atoms with van der Waals surface area (Å²) < 4.78 is 6.13. The van der Waals surface area contributed by atoms with Crippen LogP contribution in [0.5, 0.6) is 0 Å². The van der Waals surface area contributed by atoms with Crippen LogP contribution in [0.1, 0.15) is 5.69 Å². The summed E-state index contributed by atoms with van der Waals surface area (Å²) in [5.74, 6) is -0.361. The summed E-state index contributed by atoms with van der Waals surface area (Å²) in [5.41, 5.74) is 3.00. The van der Waals surface area contributed by atoms with Crippen molar-refractivity contribution < 1.29 is 14.4 Å². The van der Waals surface area contributed by atoms with E-state index in [1.165, 1.54) is 4.57 Å². The summed E-state index contributed by atoms with van der Waals surface area (Å²) in [6.07, 6.45) is 0. The van der Waals surface area contributed by atoms with Gasteiger partial charge >= 0.3 is 4.87 Å². The zero-order valence-electron chi connectivity index (χ0n) is 9.19. The molecule has 1 aromatic rings. The van der Waals surface area contributed by atoms with E-state index in [0.29, 0.717) is 6.61 Å². The molecule has 0 saturated carbocycles. The van der Waals surface area contributed by atoms with Gasteiger partial charge in [-0.05, 0) is 6.92 Å². The number of hydrogen-bond acceptors (Lipinski definition) is 5. The first-order chi connectivity index (χ1) is 7.65. The molecule has 16 heavy (non-hydrogen) atoms. The van der Waals surface area contributed by atoms with E-state index in [-0.39, 0.29) is 23.9 Å². The van der Waals surface area contributed by atoms with Crippen LogP contribution in [-0.2, 0) is 20.9 Å². The zero-order valence-corrected chi connectivity index (χ0v) is 10.0. The number of thiazole rings is 1. The molecular weight excluding hydrogens is 232 g/mol. The number of amides is 1. The van der Waals surface area contributed by atoms with Crippen LogP contribution < -0.4 is 10.4 Å². The molecule has 0 fully saturated rings. The van der Waals surface area contributed by atoms with Gasteiger partial charge in [0.25, 0.3) is 5.91 Å². The van der Waals surface area contributed by atoms with Crippen molar-refractivity contribution in [1.82, 2.24) is 10.0 Å². The van der Waals surface area contributed by atoms with E-state index in [1.54, 1.807) is 19.4 Å². The van der Waals surface area contributed by atoms with E-state index >= 15 is 0 Å². The van der Waals surface area contributed by atoms with E-state index in [4.69, 9.17) is 9.57 Å². The molecule has 7 heteroatoms. The van der Waals surface area contributed by atoms with Crippen LogP contribution in [0.4, 0.5) is 0 Å². The third kappa shape index (κ3) is 3.76. The van der Waals surface area contributed by atoms with Crippen LogP contribution in [0.25, 0.3) is 0 Å². The predicted octanol–water partition coefficient (Wildman–Crippen LogP) is -0.0876. The molecule has 0 radical (unpaired) electrons. The molecule has 0 aliphatic rings. The maximum Gasteiger partial charge on any atom is 0.307 e. The molecule has 0 atom stereocenters. The molecule has 0 aliphatic heterocycles. The number of nitrogens with one attached hydrogen (secondary N) is 1. The van der Waals surface area contributed by atoms with Crippen LogP contribution in [0.15, 0.2) is 10.2 Å². The number of hydroxylamine groups is 1. The number of carbonyl (C=O) groups is 1. The minimum atomic E-state index is -0.361. The van der Waals surface area contributed by atoms with Crippen LogP contribution in [0.2, 0.25) is 0 Å². The van der Waals surface area contributed by atoms with E-state index in [0.717, 1.165) is 17.0 Å². The lowest BCUT2D eigenvalue weighted by Crippen LogP contribution is -2.31. The Hall–Kier alpha value is -1.18. The smallest absolute Gasteiger partial charge is 0.307 e. The number of nitrogens with zero attached hydrogens (tertiary/aromatic N) is 1. The zero-order chi connectivity index (χ0) is 12.0. The number of ether oxygens (including phenoxy) is 1. The fraction of sp³-hybridized carbons (Fsp3) is 0.556. The molecule has 0 aromatic carbocycles. The first-order valence-corrected chi connectivity index (χ1v) is 5.57. The SMILES string of the molecule is COCCONC(=O)Cn1c(C)csc1=O. The summed E-state index contributed by atoms with van der Waals surface area (Å²) in [6, 6.07) is 0. The second-order valence-corrected chi connectivity index (χ2v) is 3.92. The third-order valence-corrected chi connectivity index (χ3v) is 2.73. The lowest BCUT2D eigenvalue weighted by Gasteiger charge is -2.06. The largest absolute Gasteiger partial charge is 0.382 e. The van der Waals surface area contributed by atoms with Crippen molar-refractivity contribution in [2.75, 3.05) is 20.3 Å². The van der Waals surface area contributed by atoms with Gasteiger partial charge in [-0.15, -0.1) is 0 Å². The molecule has 1 N–H and O–H groups in total. The van der Waals surface area contributed by atoms with Crippen LogP contribution >= 0.6 is 11.3 Å². The van der Waals surface area contributed by atoms with Gasteiger partial charge in [0.05, 0.1) is 13.2 Å². The molecule has 0 aliphatic carbocycles. The van der Waals surface area contributed by atoms with Crippen molar-refractivity contribution in [1.29, 1.82) is 0 Å². The highest BCUT2D eigenvalue weighted by Crippen LogP contribution is 1.98. The Labute approximate surface area is 96.7 Å². The van der Waals surface area contributed by atoms with Gasteiger partial charge in [-0.2, -0.15) is 0 Å². The Kier molecular flexibility index (Phi) is 5.17. The van der Waals surface area contributed by atoms with Gasteiger partial charge in [0, 0.05) is 18.2 Å². The van der Waals surface area contributed by atoms with Gasteiger partial charge in [0.1, 0.15) is 6.54 Å². The van der Waals surface area contributed by atoms with Crippen molar-refractivity contribution in [3.05, 3.63) is 20.7 Å². The predicted molar refractivity (Wildman–Crippen MR) is 59.3 cm³/mol. The standard InChI is InChI=1S/C9H14N2O4S/c1-7-6-16-9(13)11(7)5-8(12)10-15-4-3-14-2/h6H,3-5H2,1-2H3,(H,10,12). The molecule has 1 amide bonds. The fourth-order valence-electron chi connectivity index (χ4n) is 1.03. The minimum absolute atomic E-state index is 0.0266. The maximum atomic E-state index is 11.3. The summed E-state index contributed by atoms with van der Waals surface area (Å²) in [7, 11) is 1.54. The summed E-state index contributed by atoms with van der Waals surface area (Å²) in [6.45, 7) is 2.43. The molecule has 0 saturated heterocycles. The molecule has 1 rings (SSSR count). The average Bonchev–Trinajstić information content (AvgIpc) is 2.56. The highest BCUT2D eigenvalue weighted by Gasteiger charge is 2.07. The van der Waals surface area contributed by atoms with Gasteiger partial charge in [0.2, 0.25) is 0 Å². The Bertz CT molecular complexity index is 398. The summed E-state index contributed by atoms with van der Waals surface area (Å²) in [4.78, 5) is 27.3. The van der Waals surface area contributed by atoms with E-state index < -0.39 is 0 Å². The molecule has 1 aromatic heterocycles. The molecule has 1 heterocycles. The molecule has 6 nitrogen and oxygen atoms in total. The lowest BCUT2D eigenvalue weighted by molar-refractivity contribution is -0.135. The van der Waals surface area contributed by atoms with Crippen molar-refractivity contribution in [3.8, 4) is 0 Å². The Morgan fingerprint density at radius 3 is 2.88 bits per heavy atom. The Balaban J connectivity index is 2.37. The van der Waals surface area contributed by atoms with Gasteiger partial charge in [-0.1, -0.05) is 11.3 Å². The second-order valence-electron chi connectivity index (χ2n) is 3.10. The normalized spacial score (nSPS) is 10.4. The second kappa shape index (κ2) is 6.41. The third-order valence-electron chi connectivity index (χ3n) is 1.85. The number of carbonyl (C=O) groups excluding carboxylic acids is 1. The molecular formula is C9H14N2O4S. The maximum absolute atomic E-state index is 11.3. The van der Waals surface area contributed by atoms with Gasteiger partial charge in [-0.25, -0.2) is 5.48 Å². The Morgan fingerprint density at radius 1 is 1.56 bits per heavy atom. The van der Waals surface area contributed by atoms with Crippen molar-refractivity contribution in [2.45, 2.75) is 13.5 Å². The van der Waals surface area contributed by atoms with Crippen molar-refractivity contribution >= 4 is 17.2 Å². The lowest BCUT2D eigenvalue weighted by atomic mass is 10.5. The molecule has 90 valence electrons. The van der Waals surface area contributed by atoms with Crippen molar-refractivity contribution in [3.63, 3.8) is 0 Å². The van der Waals surface area contributed by atoms with Crippen LogP contribution in [0, 0.1) is 6.92 Å².